The van der Waals surface area contributed by atoms with Gasteiger partial charge in [-0.1, -0.05) is 51.9 Å². The van der Waals surface area contributed by atoms with Crippen molar-refractivity contribution >= 4 is 25.3 Å². The molecule has 0 aliphatic rings. The first-order chi connectivity index (χ1) is 11.8. The van der Waals surface area contributed by atoms with E-state index in [0.717, 1.165) is 37.4 Å². The Kier molecular flexibility index (Phi) is 22.1. The second-order valence-corrected chi connectivity index (χ2v) is 7.13. The van der Waals surface area contributed by atoms with Crippen LogP contribution in [-0.4, -0.2) is 37.8 Å². The van der Waals surface area contributed by atoms with Crippen LogP contribution in [0.5, 0.6) is 0 Å². The molecule has 0 aromatic heterocycles. The average Bonchev–Trinajstić information content (AvgIpc) is 2.60. The van der Waals surface area contributed by atoms with E-state index in [1.165, 1.54) is 57.8 Å². The van der Waals surface area contributed by atoms with E-state index in [2.05, 4.69) is 32.2 Å². The molecular formula is C19H40O3S2. The zero-order valence-corrected chi connectivity index (χ0v) is 17.5. The predicted octanol–water partition coefficient (Wildman–Crippen LogP) is 5.88. The van der Waals surface area contributed by atoms with Crippen molar-refractivity contribution in [1.82, 2.24) is 0 Å². The van der Waals surface area contributed by atoms with Gasteiger partial charge in [-0.3, -0.25) is 0 Å². The van der Waals surface area contributed by atoms with Gasteiger partial charge in [-0.05, 0) is 43.6 Å². The Morgan fingerprint density at radius 2 is 0.917 bits per heavy atom. The number of thiol groups is 2. The summed E-state index contributed by atoms with van der Waals surface area (Å²) in [5.74, 6) is 1.95. The Bertz CT molecular complexity index is 215. The molecule has 0 amide bonds. The number of hydrogen-bond acceptors (Lipinski definition) is 5. The highest BCUT2D eigenvalue weighted by Crippen LogP contribution is 2.08. The summed E-state index contributed by atoms with van der Waals surface area (Å²) in [6.07, 6.45) is 14.1. The van der Waals surface area contributed by atoms with E-state index in [9.17, 15) is 0 Å². The van der Waals surface area contributed by atoms with Crippen LogP contribution < -0.4 is 0 Å². The van der Waals surface area contributed by atoms with Gasteiger partial charge in [0.05, 0.1) is 19.8 Å². The molecule has 0 aliphatic carbocycles. The Hall–Kier alpha value is 0.580. The van der Waals surface area contributed by atoms with E-state index in [0.29, 0.717) is 13.2 Å². The lowest BCUT2D eigenvalue weighted by Gasteiger charge is -2.19. The van der Waals surface area contributed by atoms with Crippen LogP contribution in [0, 0.1) is 0 Å². The Labute approximate surface area is 161 Å². The number of unbranched alkanes of at least 4 members (excludes halogenated alkanes) is 9. The zero-order valence-electron chi connectivity index (χ0n) is 15.7. The van der Waals surface area contributed by atoms with Crippen molar-refractivity contribution in [3.63, 3.8) is 0 Å². The van der Waals surface area contributed by atoms with Gasteiger partial charge in [0.15, 0.2) is 0 Å². The molecule has 0 unspecified atom stereocenters. The molecule has 146 valence electrons. The smallest absolute Gasteiger partial charge is 0.271 e. The molecule has 0 fully saturated rings. The summed E-state index contributed by atoms with van der Waals surface area (Å²) in [5, 5.41) is 0. The molecule has 0 bridgehead atoms. The quantitative estimate of drug-likeness (QED) is 0.157. The Balaban J connectivity index is 3.74. The maximum Gasteiger partial charge on any atom is 0.271 e. The molecule has 0 N–H and O–H groups in total. The molecule has 0 heterocycles. The first-order valence-corrected chi connectivity index (χ1v) is 11.2. The second kappa shape index (κ2) is 21.6. The fourth-order valence-electron chi connectivity index (χ4n) is 2.35. The van der Waals surface area contributed by atoms with E-state index in [1.54, 1.807) is 0 Å². The monoisotopic (exact) mass is 380 g/mol. The van der Waals surface area contributed by atoms with Crippen LogP contribution in [0.4, 0.5) is 0 Å². The number of hydrogen-bond donors (Lipinski definition) is 2. The van der Waals surface area contributed by atoms with Crippen LogP contribution in [0.1, 0.15) is 84.0 Å². The summed E-state index contributed by atoms with van der Waals surface area (Å²) in [7, 11) is 0. The van der Waals surface area contributed by atoms with Gasteiger partial charge in [-0.2, -0.15) is 25.3 Å². The molecule has 0 saturated carbocycles. The molecule has 0 aromatic rings. The van der Waals surface area contributed by atoms with Crippen LogP contribution in [0.15, 0.2) is 0 Å². The highest BCUT2D eigenvalue weighted by atomic mass is 32.1. The zero-order chi connectivity index (χ0) is 17.7. The average molecular weight is 381 g/mol. The summed E-state index contributed by atoms with van der Waals surface area (Å²) in [5.41, 5.74) is 0. The minimum absolute atomic E-state index is 0.485. The second-order valence-electron chi connectivity index (χ2n) is 6.24. The number of rotatable bonds is 20. The molecular weight excluding hydrogens is 340 g/mol. The van der Waals surface area contributed by atoms with Crippen molar-refractivity contribution in [2.24, 2.45) is 0 Å². The lowest BCUT2D eigenvalue weighted by atomic mass is 10.2. The summed E-state index contributed by atoms with van der Waals surface area (Å²) < 4.78 is 17.3. The van der Waals surface area contributed by atoms with Crippen molar-refractivity contribution in [2.75, 3.05) is 31.3 Å². The minimum Gasteiger partial charge on any atom is -0.330 e. The molecule has 0 atom stereocenters. The van der Waals surface area contributed by atoms with Crippen molar-refractivity contribution in [1.29, 1.82) is 0 Å². The molecule has 24 heavy (non-hydrogen) atoms. The van der Waals surface area contributed by atoms with Gasteiger partial charge in [0, 0.05) is 0 Å². The van der Waals surface area contributed by atoms with Gasteiger partial charge in [-0.25, -0.2) is 0 Å². The normalized spacial score (nSPS) is 11.5. The highest BCUT2D eigenvalue weighted by molar-refractivity contribution is 7.80. The van der Waals surface area contributed by atoms with Gasteiger partial charge in [-0.15, -0.1) is 0 Å². The molecule has 0 saturated heterocycles. The molecule has 3 nitrogen and oxygen atoms in total. The first kappa shape index (κ1) is 24.6. The third-order valence-corrected chi connectivity index (χ3v) is 4.50. The van der Waals surface area contributed by atoms with Crippen molar-refractivity contribution in [2.45, 2.75) is 90.4 Å². The van der Waals surface area contributed by atoms with Crippen LogP contribution in [-0.2, 0) is 14.2 Å². The Morgan fingerprint density at radius 1 is 0.542 bits per heavy atom. The van der Waals surface area contributed by atoms with Crippen molar-refractivity contribution in [3.05, 3.63) is 0 Å². The molecule has 0 rings (SSSR count). The van der Waals surface area contributed by atoms with Crippen LogP contribution in [0.3, 0.4) is 0 Å². The summed E-state index contributed by atoms with van der Waals surface area (Å²) in [4.78, 5) is 0. The topological polar surface area (TPSA) is 27.7 Å². The summed E-state index contributed by atoms with van der Waals surface area (Å²) >= 11 is 8.47. The molecule has 0 radical (unpaired) electrons. The fraction of sp³-hybridized carbons (Fsp3) is 1.00. The maximum atomic E-state index is 5.78. The van der Waals surface area contributed by atoms with Crippen LogP contribution >= 0.6 is 25.3 Å². The highest BCUT2D eigenvalue weighted by Gasteiger charge is 2.09. The summed E-state index contributed by atoms with van der Waals surface area (Å²) in [6, 6.07) is 0. The molecule has 0 spiro atoms. The molecule has 0 aliphatic heterocycles. The first-order valence-electron chi connectivity index (χ1n) is 9.91. The molecule has 0 aromatic carbocycles. The van der Waals surface area contributed by atoms with Crippen molar-refractivity contribution in [3.8, 4) is 0 Å². The van der Waals surface area contributed by atoms with E-state index in [-0.39, 0.29) is 0 Å². The third-order valence-electron chi connectivity index (χ3n) is 3.86. The van der Waals surface area contributed by atoms with Gasteiger partial charge < -0.3 is 14.2 Å². The van der Waals surface area contributed by atoms with Gasteiger partial charge >= 0.3 is 0 Å². The lowest BCUT2D eigenvalue weighted by molar-refractivity contribution is -0.288. The van der Waals surface area contributed by atoms with Crippen LogP contribution in [0.25, 0.3) is 0 Å². The lowest BCUT2D eigenvalue weighted by Crippen LogP contribution is -2.23. The maximum absolute atomic E-state index is 5.78. The van der Waals surface area contributed by atoms with Crippen molar-refractivity contribution < 1.29 is 14.2 Å². The largest absolute Gasteiger partial charge is 0.330 e. The Morgan fingerprint density at radius 3 is 1.29 bits per heavy atom. The molecule has 5 heteroatoms. The third kappa shape index (κ3) is 18.9. The van der Waals surface area contributed by atoms with Crippen LogP contribution in [0.2, 0.25) is 0 Å². The summed E-state index contributed by atoms with van der Waals surface area (Å²) in [6.45, 7) is 3.89. The predicted molar refractivity (Wildman–Crippen MR) is 110 cm³/mol. The van der Waals surface area contributed by atoms with E-state index in [1.807, 2.05) is 0 Å². The van der Waals surface area contributed by atoms with E-state index < -0.39 is 6.48 Å². The fourth-order valence-corrected chi connectivity index (χ4v) is 2.79. The minimum atomic E-state index is -0.485. The van der Waals surface area contributed by atoms with Gasteiger partial charge in [0.1, 0.15) is 0 Å². The van der Waals surface area contributed by atoms with E-state index >= 15 is 0 Å². The number of ether oxygens (including phenoxy) is 3. The standard InChI is InChI=1S/C19H40O3S2/c1-2-3-4-9-14-20-19(21-15-10-5-7-12-17-23)22-16-11-6-8-13-18-24/h19,23-24H,2-18H2,1H3. The van der Waals surface area contributed by atoms with Gasteiger partial charge in [0.25, 0.3) is 6.48 Å². The van der Waals surface area contributed by atoms with Gasteiger partial charge in [0.2, 0.25) is 0 Å². The SMILES string of the molecule is CCCCCCOC(OCCCCCCS)OCCCCCCS. The van der Waals surface area contributed by atoms with E-state index in [4.69, 9.17) is 14.2 Å².